The minimum Gasteiger partial charge on any atom is -0.491 e. The van der Waals surface area contributed by atoms with E-state index in [1.54, 1.807) is 0 Å². The van der Waals surface area contributed by atoms with Crippen LogP contribution in [0.15, 0.2) is 133 Å². The average Bonchev–Trinajstić information content (AvgIpc) is 3.01. The fourth-order valence-corrected chi connectivity index (χ4v) is 4.60. The van der Waals surface area contributed by atoms with Crippen LogP contribution in [0, 0.1) is 0 Å². The van der Waals surface area contributed by atoms with Gasteiger partial charge in [0.05, 0.1) is 6.61 Å². The number of rotatable bonds is 10. The van der Waals surface area contributed by atoms with Crippen LogP contribution < -0.4 is 9.64 Å². The molecule has 196 valence electrons. The van der Waals surface area contributed by atoms with Crippen LogP contribution in [0.25, 0.3) is 11.6 Å². The van der Waals surface area contributed by atoms with E-state index in [1.807, 2.05) is 36.4 Å². The van der Waals surface area contributed by atoms with Crippen molar-refractivity contribution >= 4 is 23.0 Å². The summed E-state index contributed by atoms with van der Waals surface area (Å²) >= 11 is 0. The van der Waals surface area contributed by atoms with Crippen LogP contribution in [-0.2, 0) is 0 Å². The highest BCUT2D eigenvalue weighted by Crippen LogP contribution is 2.34. The molecule has 0 spiro atoms. The van der Waals surface area contributed by atoms with E-state index in [9.17, 15) is 5.11 Å². The number of hydrogen-bond donors (Lipinski definition) is 2. The fourth-order valence-electron chi connectivity index (χ4n) is 4.60. The van der Waals surface area contributed by atoms with Crippen LogP contribution in [0.5, 0.6) is 5.75 Å². The lowest BCUT2D eigenvalue weighted by Gasteiger charge is -2.28. The molecule has 5 rings (SSSR count). The number of ether oxygens (including phenoxy) is 1. The maximum Gasteiger partial charge on any atom is 0.119 e. The summed E-state index contributed by atoms with van der Waals surface area (Å²) in [5.41, 5.74) is 7.88. The molecule has 0 saturated carbocycles. The van der Waals surface area contributed by atoms with E-state index < -0.39 is 6.10 Å². The summed E-state index contributed by atoms with van der Waals surface area (Å²) in [7, 11) is 0. The van der Waals surface area contributed by atoms with Crippen molar-refractivity contribution in [3.63, 3.8) is 0 Å². The first-order valence-corrected chi connectivity index (χ1v) is 13.3. The Kier molecular flexibility index (Phi) is 8.69. The molecule has 1 aliphatic rings. The third-order valence-electron chi connectivity index (χ3n) is 6.61. The van der Waals surface area contributed by atoms with Gasteiger partial charge in [-0.05, 0) is 83.7 Å². The summed E-state index contributed by atoms with van der Waals surface area (Å²) in [5, 5.41) is 18.6. The van der Waals surface area contributed by atoms with Crippen molar-refractivity contribution in [3.8, 4) is 5.75 Å². The van der Waals surface area contributed by atoms with Gasteiger partial charge in [0.2, 0.25) is 0 Å². The van der Waals surface area contributed by atoms with Crippen LogP contribution in [0.2, 0.25) is 0 Å². The Bertz CT molecular complexity index is 1380. The molecule has 0 amide bonds. The van der Waals surface area contributed by atoms with Gasteiger partial charge >= 0.3 is 0 Å². The van der Waals surface area contributed by atoms with Crippen molar-refractivity contribution in [1.82, 2.24) is 0 Å². The van der Waals surface area contributed by atoms with E-state index in [1.165, 1.54) is 16.7 Å². The van der Waals surface area contributed by atoms with Gasteiger partial charge in [-0.2, -0.15) is 0 Å². The van der Waals surface area contributed by atoms with E-state index in [-0.39, 0.29) is 13.2 Å². The number of allylic oxidation sites excluding steroid dienone is 3. The Labute approximate surface area is 230 Å². The first kappa shape index (κ1) is 26.2. The molecular weight excluding hydrogens is 482 g/mol. The molecule has 0 heterocycles. The number of anilines is 2. The Balaban J connectivity index is 1.45. The molecule has 0 aliphatic heterocycles. The number of hydrogen-bond acceptors (Lipinski definition) is 4. The molecule has 1 atom stereocenters. The predicted molar refractivity (Wildman–Crippen MR) is 160 cm³/mol. The van der Waals surface area contributed by atoms with E-state index in [0.29, 0.717) is 5.75 Å². The molecule has 1 unspecified atom stereocenters. The van der Waals surface area contributed by atoms with Crippen molar-refractivity contribution in [1.29, 1.82) is 0 Å². The summed E-state index contributed by atoms with van der Waals surface area (Å²) in [4.78, 5) is 2.24. The quantitative estimate of drug-likeness (QED) is 0.216. The first-order chi connectivity index (χ1) is 19.2. The molecule has 4 heteroatoms. The molecule has 0 bridgehead atoms. The molecule has 4 nitrogen and oxygen atoms in total. The zero-order valence-electron chi connectivity index (χ0n) is 21.9. The lowest BCUT2D eigenvalue weighted by molar-refractivity contribution is 0.0536. The van der Waals surface area contributed by atoms with Gasteiger partial charge in [-0.1, -0.05) is 84.9 Å². The van der Waals surface area contributed by atoms with Crippen molar-refractivity contribution < 1.29 is 14.9 Å². The molecule has 0 saturated heterocycles. The molecular formula is C35H33NO3. The summed E-state index contributed by atoms with van der Waals surface area (Å²) in [5.74, 6) is 0.647. The number of aliphatic hydroxyl groups is 2. The maximum absolute atomic E-state index is 9.59. The summed E-state index contributed by atoms with van der Waals surface area (Å²) in [6.07, 6.45) is 10.0. The molecule has 4 aromatic rings. The topological polar surface area (TPSA) is 52.9 Å². The zero-order chi connectivity index (χ0) is 26.9. The summed E-state index contributed by atoms with van der Waals surface area (Å²) in [6, 6.07) is 37.4. The molecule has 1 aliphatic carbocycles. The van der Waals surface area contributed by atoms with Crippen LogP contribution >= 0.6 is 0 Å². The van der Waals surface area contributed by atoms with Crippen molar-refractivity contribution in [3.05, 3.63) is 150 Å². The zero-order valence-corrected chi connectivity index (χ0v) is 21.9. The van der Waals surface area contributed by atoms with Crippen LogP contribution in [0.1, 0.15) is 29.5 Å². The van der Waals surface area contributed by atoms with Crippen molar-refractivity contribution in [2.75, 3.05) is 18.1 Å². The first-order valence-electron chi connectivity index (χ1n) is 13.3. The van der Waals surface area contributed by atoms with Crippen LogP contribution in [-0.4, -0.2) is 29.5 Å². The Morgan fingerprint density at radius 3 is 1.90 bits per heavy atom. The average molecular weight is 516 g/mol. The third kappa shape index (κ3) is 6.74. The fraction of sp³-hybridized carbons (Fsp3) is 0.143. The predicted octanol–water partition coefficient (Wildman–Crippen LogP) is 7.38. The Morgan fingerprint density at radius 2 is 1.36 bits per heavy atom. The van der Waals surface area contributed by atoms with Crippen molar-refractivity contribution in [2.24, 2.45) is 0 Å². The number of aliphatic hydroxyl groups excluding tert-OH is 2. The normalized spacial score (nSPS) is 13.3. The molecule has 0 radical (unpaired) electrons. The molecule has 0 aromatic heterocycles. The lowest BCUT2D eigenvalue weighted by atomic mass is 9.95. The monoisotopic (exact) mass is 515 g/mol. The van der Waals surface area contributed by atoms with Gasteiger partial charge in [0, 0.05) is 17.1 Å². The summed E-state index contributed by atoms with van der Waals surface area (Å²) in [6.45, 7) is -0.272. The van der Waals surface area contributed by atoms with Gasteiger partial charge in [-0.15, -0.1) is 0 Å². The SMILES string of the molecule is OCC(O)COc1ccc(N(C2=CCCC=C2)c2ccc(C=C(c3ccccc3)c3ccccc3)cc2)cc1. The van der Waals surface area contributed by atoms with E-state index >= 15 is 0 Å². The van der Waals surface area contributed by atoms with E-state index in [4.69, 9.17) is 9.84 Å². The largest absolute Gasteiger partial charge is 0.491 e. The van der Waals surface area contributed by atoms with Crippen molar-refractivity contribution in [2.45, 2.75) is 18.9 Å². The molecule has 0 fully saturated rings. The van der Waals surface area contributed by atoms with Crippen LogP contribution in [0.3, 0.4) is 0 Å². The highest BCUT2D eigenvalue weighted by atomic mass is 16.5. The molecule has 2 N–H and O–H groups in total. The van der Waals surface area contributed by atoms with E-state index in [0.717, 1.165) is 35.5 Å². The van der Waals surface area contributed by atoms with Gasteiger partial charge in [0.1, 0.15) is 18.5 Å². The van der Waals surface area contributed by atoms with E-state index in [2.05, 4.69) is 102 Å². The second-order valence-corrected chi connectivity index (χ2v) is 9.47. The highest BCUT2D eigenvalue weighted by molar-refractivity contribution is 5.91. The second-order valence-electron chi connectivity index (χ2n) is 9.47. The molecule has 39 heavy (non-hydrogen) atoms. The maximum atomic E-state index is 9.59. The Morgan fingerprint density at radius 1 is 0.769 bits per heavy atom. The minimum atomic E-state index is -0.893. The lowest BCUT2D eigenvalue weighted by Crippen LogP contribution is -2.21. The highest BCUT2D eigenvalue weighted by Gasteiger charge is 2.15. The van der Waals surface area contributed by atoms with Gasteiger partial charge in [-0.25, -0.2) is 0 Å². The van der Waals surface area contributed by atoms with Gasteiger partial charge in [0.25, 0.3) is 0 Å². The number of nitrogens with zero attached hydrogens (tertiary/aromatic N) is 1. The van der Waals surface area contributed by atoms with Gasteiger partial charge < -0.3 is 19.8 Å². The van der Waals surface area contributed by atoms with Gasteiger partial charge in [-0.3, -0.25) is 0 Å². The Hall–Kier alpha value is -4.38. The van der Waals surface area contributed by atoms with Crippen LogP contribution in [0.4, 0.5) is 11.4 Å². The smallest absolute Gasteiger partial charge is 0.119 e. The number of benzene rings is 4. The standard InChI is InChI=1S/C35H33NO3/c37-25-33(38)26-39-34-22-20-32(21-23-34)36(30-14-8-3-9-15-30)31-18-16-27(17-19-31)24-35(28-10-4-1-5-11-28)29-12-6-2-7-13-29/h1-2,4-8,10-24,33,37-38H,3,9,25-26H2. The minimum absolute atomic E-state index is 0.0520. The van der Waals surface area contributed by atoms with Gasteiger partial charge in [0.15, 0.2) is 0 Å². The molecule has 4 aromatic carbocycles. The summed E-state index contributed by atoms with van der Waals surface area (Å²) < 4.78 is 5.61. The second kappa shape index (κ2) is 12.9. The third-order valence-corrected chi connectivity index (χ3v) is 6.61.